The van der Waals surface area contributed by atoms with E-state index in [1.807, 2.05) is 23.1 Å². The van der Waals surface area contributed by atoms with Gasteiger partial charge in [0.25, 0.3) is 5.91 Å². The van der Waals surface area contributed by atoms with Gasteiger partial charge in [-0.25, -0.2) is 0 Å². The molecule has 1 amide bonds. The molecule has 0 aromatic heterocycles. The van der Waals surface area contributed by atoms with Crippen molar-refractivity contribution in [1.29, 1.82) is 0 Å². The summed E-state index contributed by atoms with van der Waals surface area (Å²) < 4.78 is 10.8. The molecule has 102 valence electrons. The Kier molecular flexibility index (Phi) is 3.40. The Morgan fingerprint density at radius 3 is 3.05 bits per heavy atom. The number of hydrogen-bond donors (Lipinski definition) is 1. The van der Waals surface area contributed by atoms with Crippen molar-refractivity contribution in [3.8, 4) is 0 Å². The van der Waals surface area contributed by atoms with Crippen molar-refractivity contribution in [3.05, 3.63) is 29.3 Å². The Morgan fingerprint density at radius 1 is 1.37 bits per heavy atom. The minimum Gasteiger partial charge on any atom is -0.398 e. The molecule has 0 saturated carbocycles. The van der Waals surface area contributed by atoms with Crippen molar-refractivity contribution in [3.63, 3.8) is 0 Å². The third kappa shape index (κ3) is 2.43. The number of hydrogen-bond acceptors (Lipinski definition) is 4. The van der Waals surface area contributed by atoms with Crippen LogP contribution >= 0.6 is 0 Å². The molecule has 1 aromatic rings. The molecule has 2 heterocycles. The molecule has 2 aliphatic heterocycles. The summed E-state index contributed by atoms with van der Waals surface area (Å²) in [4.78, 5) is 14.2. The van der Waals surface area contributed by atoms with Crippen LogP contribution in [0.15, 0.2) is 18.2 Å². The lowest BCUT2D eigenvalue weighted by molar-refractivity contribution is -0.158. The third-order valence-corrected chi connectivity index (χ3v) is 3.71. The zero-order valence-electron chi connectivity index (χ0n) is 10.8. The van der Waals surface area contributed by atoms with E-state index in [0.29, 0.717) is 32.9 Å². The monoisotopic (exact) mass is 262 g/mol. The maximum atomic E-state index is 12.3. The smallest absolute Gasteiger partial charge is 0.254 e. The van der Waals surface area contributed by atoms with Crippen molar-refractivity contribution in [2.24, 2.45) is 0 Å². The first-order valence-corrected chi connectivity index (χ1v) is 6.60. The molecule has 1 atom stereocenters. The molecule has 2 aliphatic rings. The average Bonchev–Trinajstić information content (AvgIpc) is 2.47. The largest absolute Gasteiger partial charge is 0.398 e. The van der Waals surface area contributed by atoms with Gasteiger partial charge in [-0.2, -0.15) is 0 Å². The highest BCUT2D eigenvalue weighted by molar-refractivity contribution is 5.81. The predicted molar refractivity (Wildman–Crippen MR) is 70.5 cm³/mol. The summed E-state index contributed by atoms with van der Waals surface area (Å²) >= 11 is 0. The Hall–Kier alpha value is -1.59. The highest BCUT2D eigenvalue weighted by Crippen LogP contribution is 2.24. The Bertz CT molecular complexity index is 484. The van der Waals surface area contributed by atoms with Crippen molar-refractivity contribution in [1.82, 2.24) is 4.90 Å². The first-order valence-electron chi connectivity index (χ1n) is 6.60. The third-order valence-electron chi connectivity index (χ3n) is 3.71. The van der Waals surface area contributed by atoms with Crippen LogP contribution in [-0.4, -0.2) is 43.3 Å². The fraction of sp³-hybridized carbons (Fsp3) is 0.500. The van der Waals surface area contributed by atoms with Crippen LogP contribution in [0.3, 0.4) is 0 Å². The molecular weight excluding hydrogens is 244 g/mol. The van der Waals surface area contributed by atoms with E-state index in [2.05, 4.69) is 0 Å². The van der Waals surface area contributed by atoms with Gasteiger partial charge in [0.2, 0.25) is 0 Å². The van der Waals surface area contributed by atoms with Crippen LogP contribution in [0.1, 0.15) is 11.1 Å². The lowest BCUT2D eigenvalue weighted by atomic mass is 9.97. The summed E-state index contributed by atoms with van der Waals surface area (Å²) in [5, 5.41) is 0. The van der Waals surface area contributed by atoms with Gasteiger partial charge in [-0.1, -0.05) is 12.1 Å². The summed E-state index contributed by atoms with van der Waals surface area (Å²) in [7, 11) is 0. The minimum absolute atomic E-state index is 0.0211. The second-order valence-electron chi connectivity index (χ2n) is 4.93. The van der Waals surface area contributed by atoms with Crippen LogP contribution in [0, 0.1) is 0 Å². The van der Waals surface area contributed by atoms with Gasteiger partial charge in [-0.15, -0.1) is 0 Å². The van der Waals surface area contributed by atoms with E-state index < -0.39 is 6.10 Å². The molecule has 5 heteroatoms. The minimum atomic E-state index is -0.448. The quantitative estimate of drug-likeness (QED) is 0.751. The van der Waals surface area contributed by atoms with Crippen LogP contribution in [-0.2, 0) is 27.2 Å². The van der Waals surface area contributed by atoms with Gasteiger partial charge >= 0.3 is 0 Å². The molecule has 2 N–H and O–H groups in total. The summed E-state index contributed by atoms with van der Waals surface area (Å²) in [5.41, 5.74) is 9.09. The number of nitrogens with two attached hydrogens (primary N) is 1. The number of carbonyl (C=O) groups excluding carboxylic acids is 1. The molecule has 1 unspecified atom stereocenters. The molecule has 0 spiro atoms. The van der Waals surface area contributed by atoms with E-state index in [1.54, 1.807) is 0 Å². The fourth-order valence-corrected chi connectivity index (χ4v) is 2.66. The second kappa shape index (κ2) is 5.19. The Balaban J connectivity index is 1.73. The lowest BCUT2D eigenvalue weighted by Crippen LogP contribution is -2.47. The zero-order valence-corrected chi connectivity index (χ0v) is 10.8. The maximum absolute atomic E-state index is 12.3. The molecule has 0 radical (unpaired) electrons. The summed E-state index contributed by atoms with van der Waals surface area (Å²) in [6, 6.07) is 5.88. The number of anilines is 1. The van der Waals surface area contributed by atoms with Gasteiger partial charge in [-0.3, -0.25) is 4.79 Å². The molecule has 0 aliphatic carbocycles. The molecular formula is C14H18N2O3. The van der Waals surface area contributed by atoms with E-state index >= 15 is 0 Å². The normalized spacial score (nSPS) is 22.9. The Morgan fingerprint density at radius 2 is 2.26 bits per heavy atom. The summed E-state index contributed by atoms with van der Waals surface area (Å²) in [5.74, 6) is 0.0211. The summed E-state index contributed by atoms with van der Waals surface area (Å²) in [6.45, 7) is 2.73. The number of carbonyl (C=O) groups is 1. The van der Waals surface area contributed by atoms with Crippen LogP contribution in [0.25, 0.3) is 0 Å². The van der Waals surface area contributed by atoms with Crippen LogP contribution in [0.4, 0.5) is 5.69 Å². The maximum Gasteiger partial charge on any atom is 0.254 e. The molecule has 0 bridgehead atoms. The van der Waals surface area contributed by atoms with E-state index in [0.717, 1.165) is 17.7 Å². The van der Waals surface area contributed by atoms with Crippen LogP contribution < -0.4 is 5.73 Å². The highest BCUT2D eigenvalue weighted by Gasteiger charge is 2.30. The lowest BCUT2D eigenvalue weighted by Gasteiger charge is -2.33. The van der Waals surface area contributed by atoms with Gasteiger partial charge in [0.1, 0.15) is 0 Å². The van der Waals surface area contributed by atoms with Crippen molar-refractivity contribution < 1.29 is 14.3 Å². The Labute approximate surface area is 112 Å². The van der Waals surface area contributed by atoms with Gasteiger partial charge in [0.05, 0.1) is 19.8 Å². The first-order chi connectivity index (χ1) is 9.25. The molecule has 1 aromatic carbocycles. The molecule has 3 rings (SSSR count). The molecule has 1 fully saturated rings. The first kappa shape index (κ1) is 12.4. The average molecular weight is 262 g/mol. The number of nitrogen functional groups attached to an aromatic ring is 1. The van der Waals surface area contributed by atoms with Crippen molar-refractivity contribution in [2.45, 2.75) is 19.1 Å². The molecule has 1 saturated heterocycles. The van der Waals surface area contributed by atoms with Gasteiger partial charge in [-0.05, 0) is 23.6 Å². The van der Waals surface area contributed by atoms with Crippen molar-refractivity contribution >= 4 is 11.6 Å². The number of benzene rings is 1. The van der Waals surface area contributed by atoms with E-state index in [4.69, 9.17) is 15.2 Å². The summed E-state index contributed by atoms with van der Waals surface area (Å²) in [6.07, 6.45) is 0.359. The van der Waals surface area contributed by atoms with E-state index in [-0.39, 0.29) is 5.91 Å². The van der Waals surface area contributed by atoms with Crippen molar-refractivity contribution in [2.75, 3.05) is 32.1 Å². The van der Waals surface area contributed by atoms with Gasteiger partial charge < -0.3 is 20.1 Å². The number of nitrogens with zero attached hydrogens (tertiary/aromatic N) is 1. The van der Waals surface area contributed by atoms with Crippen LogP contribution in [0.5, 0.6) is 0 Å². The topological polar surface area (TPSA) is 64.8 Å². The standard InChI is InChI=1S/C14H18N2O3/c15-12-3-1-2-10-8-16(5-4-11(10)12)14(17)13-9-18-6-7-19-13/h1-3,13H,4-9,15H2. The van der Waals surface area contributed by atoms with E-state index in [9.17, 15) is 4.79 Å². The van der Waals surface area contributed by atoms with Crippen LogP contribution in [0.2, 0.25) is 0 Å². The number of rotatable bonds is 1. The SMILES string of the molecule is Nc1cccc2c1CCN(C(=O)C1COCCO1)C2. The number of fused-ring (bicyclic) bond motifs is 1. The number of amides is 1. The van der Waals surface area contributed by atoms with E-state index in [1.165, 1.54) is 5.56 Å². The van der Waals surface area contributed by atoms with Gasteiger partial charge in [0, 0.05) is 18.8 Å². The fourth-order valence-electron chi connectivity index (χ4n) is 2.66. The highest BCUT2D eigenvalue weighted by atomic mass is 16.6. The molecule has 5 nitrogen and oxygen atoms in total. The zero-order chi connectivity index (χ0) is 13.2. The molecule has 19 heavy (non-hydrogen) atoms. The number of ether oxygens (including phenoxy) is 2. The van der Waals surface area contributed by atoms with Gasteiger partial charge in [0.15, 0.2) is 6.10 Å². The predicted octanol–water partition coefficient (Wildman–Crippen LogP) is 0.569. The second-order valence-corrected chi connectivity index (χ2v) is 4.93.